The van der Waals surface area contributed by atoms with Crippen molar-refractivity contribution < 1.29 is 22.4 Å². The van der Waals surface area contributed by atoms with E-state index in [1.165, 1.54) is 22.5 Å². The number of sulfonamides is 1. The van der Waals surface area contributed by atoms with Crippen molar-refractivity contribution in [2.75, 3.05) is 26.3 Å². The predicted molar refractivity (Wildman–Crippen MR) is 117 cm³/mol. The van der Waals surface area contributed by atoms with Gasteiger partial charge in [-0.15, -0.1) is 0 Å². The quantitative estimate of drug-likeness (QED) is 0.421. The van der Waals surface area contributed by atoms with Crippen LogP contribution in [-0.4, -0.2) is 53.3 Å². The first-order valence-corrected chi connectivity index (χ1v) is 14.5. The highest BCUT2D eigenvalue weighted by atomic mass is 35.5. The lowest BCUT2D eigenvalue weighted by atomic mass is 9.83. The molecule has 0 amide bonds. The van der Waals surface area contributed by atoms with Gasteiger partial charge in [0.1, 0.15) is 10.3 Å². The van der Waals surface area contributed by atoms with Gasteiger partial charge in [0, 0.05) is 18.1 Å². The molecule has 1 heterocycles. The fraction of sp³-hybridized carbons (Fsp3) is 0.632. The van der Waals surface area contributed by atoms with Crippen molar-refractivity contribution in [3.8, 4) is 0 Å². The minimum Gasteiger partial charge on any atom is -0.465 e. The molecule has 0 saturated carbocycles. The third kappa shape index (κ3) is 4.99. The molecule has 0 aliphatic carbocycles. The van der Waals surface area contributed by atoms with Crippen molar-refractivity contribution in [2.24, 2.45) is 5.41 Å². The summed E-state index contributed by atoms with van der Waals surface area (Å²) < 4.78 is 38.7. The Morgan fingerprint density at radius 2 is 1.83 bits per heavy atom. The smallest absolute Gasteiger partial charge is 0.317 e. The number of esters is 1. The molecule has 0 N–H and O–H groups in total. The highest BCUT2D eigenvalue weighted by molar-refractivity contribution is 7.89. The molecule has 1 aliphatic rings. The third-order valence-electron chi connectivity index (χ3n) is 5.69. The number of halogens is 2. The van der Waals surface area contributed by atoms with E-state index < -0.39 is 29.7 Å². The van der Waals surface area contributed by atoms with Gasteiger partial charge in [0.2, 0.25) is 10.0 Å². The molecule has 6 nitrogen and oxygen atoms in total. The maximum absolute atomic E-state index is 13.0. The van der Waals surface area contributed by atoms with E-state index in [0.717, 1.165) is 0 Å². The topological polar surface area (TPSA) is 72.9 Å². The summed E-state index contributed by atoms with van der Waals surface area (Å²) in [5.41, 5.74) is -1.02. The molecular formula is C19H29Cl2NO5SSi. The van der Waals surface area contributed by atoms with Crippen molar-refractivity contribution in [1.29, 1.82) is 0 Å². The van der Waals surface area contributed by atoms with E-state index in [0.29, 0.717) is 5.02 Å². The van der Waals surface area contributed by atoms with Crippen LogP contribution < -0.4 is 0 Å². The zero-order valence-corrected chi connectivity index (χ0v) is 21.0. The Morgan fingerprint density at radius 3 is 2.31 bits per heavy atom. The Morgan fingerprint density at radius 1 is 1.24 bits per heavy atom. The van der Waals surface area contributed by atoms with Gasteiger partial charge in [0.25, 0.3) is 0 Å². The number of carbonyl (C=O) groups is 1. The fourth-order valence-electron chi connectivity index (χ4n) is 2.72. The van der Waals surface area contributed by atoms with Crippen molar-refractivity contribution in [3.63, 3.8) is 0 Å². The Balaban J connectivity index is 2.24. The molecule has 0 bridgehead atoms. The Hall–Kier alpha value is -0.643. The molecule has 1 saturated heterocycles. The highest BCUT2D eigenvalue weighted by Gasteiger charge is 2.56. The molecule has 1 fully saturated rings. The van der Waals surface area contributed by atoms with Crippen LogP contribution in [0.3, 0.4) is 0 Å². The van der Waals surface area contributed by atoms with Crippen molar-refractivity contribution >= 4 is 47.5 Å². The van der Waals surface area contributed by atoms with Crippen LogP contribution in [0.4, 0.5) is 0 Å². The van der Waals surface area contributed by atoms with Crippen LogP contribution in [0.25, 0.3) is 0 Å². The average Bonchev–Trinajstić information content (AvgIpc) is 2.52. The number of ether oxygens (including phenoxy) is 1. The molecule has 0 atom stereocenters. The number of benzene rings is 1. The normalized spacial score (nSPS) is 17.7. The first-order valence-electron chi connectivity index (χ1n) is 9.43. The van der Waals surface area contributed by atoms with E-state index in [1.54, 1.807) is 6.92 Å². The minimum atomic E-state index is -3.86. The van der Waals surface area contributed by atoms with Crippen LogP contribution in [0.15, 0.2) is 23.1 Å². The van der Waals surface area contributed by atoms with E-state index >= 15 is 0 Å². The zero-order valence-electron chi connectivity index (χ0n) is 17.7. The molecule has 10 heteroatoms. The largest absolute Gasteiger partial charge is 0.465 e. The van der Waals surface area contributed by atoms with E-state index in [4.69, 9.17) is 32.4 Å². The third-order valence-corrected chi connectivity index (χ3v) is 12.7. The zero-order chi connectivity index (χ0) is 22.3. The van der Waals surface area contributed by atoms with Crippen LogP contribution in [0.2, 0.25) is 28.2 Å². The molecular weight excluding hydrogens is 453 g/mol. The van der Waals surface area contributed by atoms with E-state index in [9.17, 15) is 13.2 Å². The molecule has 29 heavy (non-hydrogen) atoms. The predicted octanol–water partition coefficient (Wildman–Crippen LogP) is 4.57. The molecule has 1 aliphatic heterocycles. The number of nitrogens with zero attached hydrogens (tertiary/aromatic N) is 1. The fourth-order valence-corrected chi connectivity index (χ4v) is 6.15. The first-order chi connectivity index (χ1) is 13.2. The van der Waals surface area contributed by atoms with Crippen LogP contribution in [0.1, 0.15) is 27.7 Å². The van der Waals surface area contributed by atoms with Gasteiger partial charge in [-0.3, -0.25) is 4.79 Å². The summed E-state index contributed by atoms with van der Waals surface area (Å²) in [4.78, 5) is 12.6. The lowest BCUT2D eigenvalue weighted by Crippen LogP contribution is -2.65. The van der Waals surface area contributed by atoms with E-state index in [2.05, 4.69) is 33.9 Å². The second kappa shape index (κ2) is 8.47. The molecule has 1 aromatic rings. The number of hydrogen-bond donors (Lipinski definition) is 0. The molecule has 0 aromatic heterocycles. The Labute approximate surface area is 184 Å². The Bertz CT molecular complexity index is 877. The summed E-state index contributed by atoms with van der Waals surface area (Å²) in [6.07, 6.45) is 0. The van der Waals surface area contributed by atoms with Crippen LogP contribution >= 0.6 is 23.2 Å². The highest BCUT2D eigenvalue weighted by Crippen LogP contribution is 2.42. The molecule has 2 rings (SSSR count). The maximum atomic E-state index is 13.0. The summed E-state index contributed by atoms with van der Waals surface area (Å²) in [6, 6.07) is 4.23. The number of hydrogen-bond acceptors (Lipinski definition) is 5. The maximum Gasteiger partial charge on any atom is 0.317 e. The minimum absolute atomic E-state index is 0.0122. The van der Waals surface area contributed by atoms with Crippen molar-refractivity contribution in [3.05, 3.63) is 28.2 Å². The van der Waals surface area contributed by atoms with Gasteiger partial charge in [-0.25, -0.2) is 8.42 Å². The van der Waals surface area contributed by atoms with Crippen molar-refractivity contribution in [1.82, 2.24) is 4.31 Å². The lowest BCUT2D eigenvalue weighted by Gasteiger charge is -2.48. The van der Waals surface area contributed by atoms with Crippen molar-refractivity contribution in [2.45, 2.75) is 50.7 Å². The second-order valence-electron chi connectivity index (χ2n) is 8.90. The van der Waals surface area contributed by atoms with Gasteiger partial charge < -0.3 is 9.16 Å². The molecule has 1 aromatic carbocycles. The Kier molecular flexibility index (Phi) is 7.20. The van der Waals surface area contributed by atoms with Gasteiger partial charge in [-0.05, 0) is 43.3 Å². The summed E-state index contributed by atoms with van der Waals surface area (Å²) in [7, 11) is -5.99. The summed E-state index contributed by atoms with van der Waals surface area (Å²) in [5, 5.41) is 0.361. The standard InChI is InChI=1S/C19H29Cl2NO5SSi/c1-7-26-17(23)19(13-27-29(5,6)18(2,3)4)11-22(12-19)28(24,25)16-9-8-14(20)10-15(16)21/h8-10H,7,11-13H2,1-6H3. The van der Waals surface area contributed by atoms with Gasteiger partial charge in [-0.1, -0.05) is 44.0 Å². The monoisotopic (exact) mass is 481 g/mol. The molecule has 164 valence electrons. The average molecular weight is 483 g/mol. The van der Waals surface area contributed by atoms with Gasteiger partial charge in [-0.2, -0.15) is 4.31 Å². The van der Waals surface area contributed by atoms with Crippen LogP contribution in [0.5, 0.6) is 0 Å². The summed E-state index contributed by atoms with van der Waals surface area (Å²) in [5.74, 6) is -0.438. The SMILES string of the molecule is CCOC(=O)C1(CO[Si](C)(C)C(C)(C)C)CN(S(=O)(=O)c2ccc(Cl)cc2Cl)C1. The van der Waals surface area contributed by atoms with E-state index in [-0.39, 0.29) is 41.3 Å². The molecule has 0 unspecified atom stereocenters. The molecule has 0 spiro atoms. The molecule has 0 radical (unpaired) electrons. The van der Waals surface area contributed by atoms with Crippen LogP contribution in [0, 0.1) is 5.41 Å². The second-order valence-corrected chi connectivity index (χ2v) is 16.5. The number of rotatable bonds is 7. The van der Waals surface area contributed by atoms with Gasteiger partial charge in [0.05, 0.1) is 18.2 Å². The van der Waals surface area contributed by atoms with E-state index in [1.807, 2.05) is 0 Å². The van der Waals surface area contributed by atoms with Gasteiger partial charge in [0.15, 0.2) is 8.32 Å². The summed E-state index contributed by atoms with van der Waals surface area (Å²) in [6.45, 7) is 12.5. The van der Waals surface area contributed by atoms with Gasteiger partial charge >= 0.3 is 5.97 Å². The summed E-state index contributed by atoms with van der Waals surface area (Å²) >= 11 is 12.0. The lowest BCUT2D eigenvalue weighted by molar-refractivity contribution is -0.166. The first kappa shape index (κ1) is 24.6. The number of carbonyl (C=O) groups excluding carboxylic acids is 1. The van der Waals surface area contributed by atoms with Crippen LogP contribution in [-0.2, 0) is 24.0 Å².